The van der Waals surface area contributed by atoms with Crippen LogP contribution in [0.1, 0.15) is 119 Å². The van der Waals surface area contributed by atoms with Crippen molar-refractivity contribution in [3.05, 3.63) is 53.8 Å². The minimum atomic E-state index is -0.603. The lowest BCUT2D eigenvalue weighted by Crippen LogP contribution is -2.66. The molecule has 5 heteroatoms. The fourth-order valence-corrected chi connectivity index (χ4v) is 11.6. The highest BCUT2D eigenvalue weighted by molar-refractivity contribution is 5.95. The van der Waals surface area contributed by atoms with Gasteiger partial charge < -0.3 is 9.47 Å². The number of benzene rings is 1. The van der Waals surface area contributed by atoms with Crippen molar-refractivity contribution in [2.75, 3.05) is 0 Å². The Kier molecular flexibility index (Phi) is 7.65. The van der Waals surface area contributed by atoms with Gasteiger partial charge in [-0.3, -0.25) is 14.4 Å². The van der Waals surface area contributed by atoms with Crippen molar-refractivity contribution in [2.45, 2.75) is 119 Å². The number of esters is 2. The van der Waals surface area contributed by atoms with Gasteiger partial charge in [0.05, 0.1) is 11.7 Å². The van der Waals surface area contributed by atoms with Crippen LogP contribution in [0.2, 0.25) is 0 Å². The third-order valence-electron chi connectivity index (χ3n) is 14.5. The summed E-state index contributed by atoms with van der Waals surface area (Å²) in [5, 5.41) is 0. The second-order valence-corrected chi connectivity index (χ2v) is 17.3. The zero-order valence-corrected chi connectivity index (χ0v) is 28.8. The Balaban J connectivity index is 1.31. The van der Waals surface area contributed by atoms with Crippen LogP contribution in [0.25, 0.3) is 6.08 Å². The third kappa shape index (κ3) is 4.80. The van der Waals surface area contributed by atoms with E-state index in [0.717, 1.165) is 56.9 Å². The average molecular weight is 615 g/mol. The predicted molar refractivity (Wildman–Crippen MR) is 177 cm³/mol. The molecule has 5 nitrogen and oxygen atoms in total. The van der Waals surface area contributed by atoms with Gasteiger partial charge in [0.25, 0.3) is 0 Å². The fourth-order valence-electron chi connectivity index (χ4n) is 11.6. The molecule has 0 radical (unpaired) electrons. The number of carbonyl (C=O) groups excluding carboxylic acids is 3. The van der Waals surface area contributed by atoms with Gasteiger partial charge in [0.2, 0.25) is 0 Å². The number of carbonyl (C=O) groups is 3. The number of rotatable bonds is 4. The van der Waals surface area contributed by atoms with E-state index in [1.807, 2.05) is 36.4 Å². The van der Waals surface area contributed by atoms with E-state index in [0.29, 0.717) is 12.3 Å². The smallest absolute Gasteiger partial charge is 0.316 e. The monoisotopic (exact) mass is 614 g/mol. The number of fused-ring (bicyclic) bond motifs is 7. The predicted octanol–water partition coefficient (Wildman–Crippen LogP) is 9.11. The molecule has 45 heavy (non-hydrogen) atoms. The van der Waals surface area contributed by atoms with Crippen LogP contribution in [0.5, 0.6) is 0 Å². The zero-order chi connectivity index (χ0) is 32.6. The Labute approximate surface area is 270 Å². The van der Waals surface area contributed by atoms with Crippen molar-refractivity contribution in [2.24, 2.45) is 50.2 Å². The Morgan fingerprint density at radius 2 is 1.56 bits per heavy atom. The highest BCUT2D eigenvalue weighted by atomic mass is 16.5. The molecule has 0 amide bonds. The van der Waals surface area contributed by atoms with E-state index in [2.05, 4.69) is 54.5 Å². The highest BCUT2D eigenvalue weighted by Crippen LogP contribution is 2.75. The van der Waals surface area contributed by atoms with Gasteiger partial charge >= 0.3 is 11.9 Å². The first kappa shape index (κ1) is 32.3. The van der Waals surface area contributed by atoms with Crippen LogP contribution in [0.3, 0.4) is 0 Å². The van der Waals surface area contributed by atoms with E-state index < -0.39 is 5.41 Å². The van der Waals surface area contributed by atoms with E-state index in [-0.39, 0.29) is 62.7 Å². The molecule has 5 aliphatic carbocycles. The van der Waals surface area contributed by atoms with Gasteiger partial charge in [-0.2, -0.15) is 0 Å². The molecule has 0 N–H and O–H groups in total. The number of ether oxygens (including phenoxy) is 2. The Morgan fingerprint density at radius 1 is 0.867 bits per heavy atom. The second-order valence-electron chi connectivity index (χ2n) is 17.3. The van der Waals surface area contributed by atoms with Crippen molar-refractivity contribution in [3.8, 4) is 0 Å². The van der Waals surface area contributed by atoms with Crippen molar-refractivity contribution in [1.29, 1.82) is 0 Å². The normalized spacial score (nSPS) is 43.6. The van der Waals surface area contributed by atoms with Gasteiger partial charge in [-0.05, 0) is 116 Å². The van der Waals surface area contributed by atoms with Gasteiger partial charge in [0, 0.05) is 18.3 Å². The summed E-state index contributed by atoms with van der Waals surface area (Å²) in [4.78, 5) is 40.3. The molecule has 0 heterocycles. The van der Waals surface area contributed by atoms with Gasteiger partial charge in [-0.15, -0.1) is 0 Å². The third-order valence-corrected chi connectivity index (χ3v) is 14.5. The summed E-state index contributed by atoms with van der Waals surface area (Å²) in [6, 6.07) is 9.88. The zero-order valence-electron chi connectivity index (χ0n) is 28.8. The van der Waals surface area contributed by atoms with Crippen LogP contribution in [0, 0.1) is 50.2 Å². The van der Waals surface area contributed by atoms with Crippen molar-refractivity contribution in [3.63, 3.8) is 0 Å². The quantitative estimate of drug-likeness (QED) is 0.250. The molecule has 0 aromatic heterocycles. The first-order valence-electron chi connectivity index (χ1n) is 17.4. The maximum Gasteiger partial charge on any atom is 0.316 e. The summed E-state index contributed by atoms with van der Waals surface area (Å²) in [6.07, 6.45) is 13.7. The Bertz CT molecular complexity index is 1440. The molecule has 1 aromatic rings. The summed E-state index contributed by atoms with van der Waals surface area (Å²) in [7, 11) is 0. The molecule has 5 aliphatic rings. The molecule has 9 atom stereocenters. The molecular formula is C40H54O5. The number of hydrogen-bond donors (Lipinski definition) is 0. The minimum Gasteiger partial charge on any atom is -0.462 e. The molecule has 0 aliphatic heterocycles. The second kappa shape index (κ2) is 10.7. The molecule has 4 fully saturated rings. The van der Waals surface area contributed by atoms with Gasteiger partial charge in [0.1, 0.15) is 6.10 Å². The van der Waals surface area contributed by atoms with Crippen LogP contribution in [-0.4, -0.2) is 23.8 Å². The van der Waals surface area contributed by atoms with E-state index >= 15 is 0 Å². The van der Waals surface area contributed by atoms with Crippen molar-refractivity contribution >= 4 is 23.8 Å². The molecule has 0 unspecified atom stereocenters. The van der Waals surface area contributed by atoms with Gasteiger partial charge in [-0.25, -0.2) is 0 Å². The summed E-state index contributed by atoms with van der Waals surface area (Å²) >= 11 is 0. The number of hydrogen-bond acceptors (Lipinski definition) is 5. The van der Waals surface area contributed by atoms with Crippen LogP contribution >= 0.6 is 0 Å². The van der Waals surface area contributed by atoms with Crippen LogP contribution < -0.4 is 0 Å². The SMILES string of the molecule is CC(=O)O[C@H]1CC[C@]2(C)[C@H]3C(=O)C=C4[C@@H]5C[C@@](C)(C(=O)O/C=C/c6ccccc6)CC[C@]5(C)CC[C@@]4(C)[C@]3(C)CC[C@H]2C1(C)C. The number of allylic oxidation sites excluding steroid dienone is 2. The first-order chi connectivity index (χ1) is 21.0. The van der Waals surface area contributed by atoms with E-state index in [4.69, 9.17) is 9.47 Å². The van der Waals surface area contributed by atoms with Crippen LogP contribution in [0.15, 0.2) is 48.2 Å². The van der Waals surface area contributed by atoms with E-state index in [9.17, 15) is 14.4 Å². The van der Waals surface area contributed by atoms with E-state index in [1.54, 1.807) is 0 Å². The first-order valence-corrected chi connectivity index (χ1v) is 17.4. The topological polar surface area (TPSA) is 69.7 Å². The standard InChI is InChI=1S/C40H54O5/c1-26(41)45-32-15-17-38(6)31(35(32,2)3)14-18-40(8)33(38)30(42)24-28-29-25-37(5,20-19-36(29,4)21-22-39(28,40)7)34(43)44-23-16-27-12-10-9-11-13-27/h9-13,16,23-24,29,31-33H,14-15,17-22,25H2,1-8H3/b23-16+/t29-,31-,32-,33+,36+,37-,38-,39+,40+/m0/s1. The lowest BCUT2D eigenvalue weighted by molar-refractivity contribution is -0.210. The van der Waals surface area contributed by atoms with Gasteiger partial charge in [0.15, 0.2) is 5.78 Å². The Hall–Kier alpha value is -2.69. The summed E-state index contributed by atoms with van der Waals surface area (Å²) in [6.45, 7) is 17.7. The molecule has 6 rings (SSSR count). The van der Waals surface area contributed by atoms with Crippen molar-refractivity contribution < 1.29 is 23.9 Å². The lowest BCUT2D eigenvalue weighted by atomic mass is 9.33. The fraction of sp³-hybridized carbons (Fsp3) is 0.675. The minimum absolute atomic E-state index is 0.0672. The molecular weight excluding hydrogens is 560 g/mol. The molecule has 1 aromatic carbocycles. The summed E-state index contributed by atoms with van der Waals surface area (Å²) < 4.78 is 11.6. The van der Waals surface area contributed by atoms with Crippen LogP contribution in [0.4, 0.5) is 0 Å². The average Bonchev–Trinajstić information content (AvgIpc) is 2.97. The summed E-state index contributed by atoms with van der Waals surface area (Å²) in [5.41, 5.74) is 1.12. The highest BCUT2D eigenvalue weighted by Gasteiger charge is 2.70. The lowest BCUT2D eigenvalue weighted by Gasteiger charge is -2.70. The van der Waals surface area contributed by atoms with Gasteiger partial charge in [-0.1, -0.05) is 77.4 Å². The molecule has 0 saturated heterocycles. The number of ketones is 1. The maximum atomic E-state index is 14.6. The molecule has 4 saturated carbocycles. The largest absolute Gasteiger partial charge is 0.462 e. The summed E-state index contributed by atoms with van der Waals surface area (Å²) in [5.74, 6) is 0.298. The molecule has 0 bridgehead atoms. The van der Waals surface area contributed by atoms with Crippen molar-refractivity contribution in [1.82, 2.24) is 0 Å². The Morgan fingerprint density at radius 3 is 2.24 bits per heavy atom. The molecule has 244 valence electrons. The van der Waals surface area contributed by atoms with E-state index in [1.165, 1.54) is 18.8 Å². The van der Waals surface area contributed by atoms with Crippen LogP contribution in [-0.2, 0) is 23.9 Å². The molecule has 0 spiro atoms. The maximum absolute atomic E-state index is 14.6.